The van der Waals surface area contributed by atoms with Gasteiger partial charge < -0.3 is 9.80 Å². The highest BCUT2D eigenvalue weighted by Crippen LogP contribution is 2.22. The van der Waals surface area contributed by atoms with E-state index in [1.807, 2.05) is 34.1 Å². The van der Waals surface area contributed by atoms with Gasteiger partial charge in [0.15, 0.2) is 0 Å². The molecule has 0 aliphatic carbocycles. The molecule has 1 aromatic carbocycles. The number of amides is 2. The monoisotopic (exact) mass is 446 g/mol. The fraction of sp³-hybridized carbons (Fsp3) is 0.444. The van der Waals surface area contributed by atoms with Crippen molar-refractivity contribution in [3.05, 3.63) is 72.1 Å². The number of rotatable bonds is 7. The Labute approximate surface area is 196 Å². The lowest BCUT2D eigenvalue weighted by atomic mass is 9.93. The molecule has 1 atom stereocenters. The van der Waals surface area contributed by atoms with E-state index in [9.17, 15) is 9.59 Å². The van der Waals surface area contributed by atoms with Crippen molar-refractivity contribution in [3.8, 4) is 0 Å². The Hall–Kier alpha value is -2.99. The predicted octanol–water partition coefficient (Wildman–Crippen LogP) is 3.46. The molecule has 0 bridgehead atoms. The van der Waals surface area contributed by atoms with E-state index in [1.54, 1.807) is 18.3 Å². The number of aromatic nitrogens is 1. The number of hydrogen-bond donors (Lipinski definition) is 0. The topological polar surface area (TPSA) is 56.8 Å². The van der Waals surface area contributed by atoms with Gasteiger partial charge in [-0.2, -0.15) is 0 Å². The summed E-state index contributed by atoms with van der Waals surface area (Å²) in [6.07, 6.45) is 8.64. The molecule has 0 saturated carbocycles. The third-order valence-corrected chi connectivity index (χ3v) is 6.66. The van der Waals surface area contributed by atoms with Crippen LogP contribution in [0.4, 0.5) is 0 Å². The van der Waals surface area contributed by atoms with Crippen LogP contribution in [0, 0.1) is 5.92 Å². The van der Waals surface area contributed by atoms with E-state index in [2.05, 4.69) is 34.1 Å². The van der Waals surface area contributed by atoms with Crippen LogP contribution in [0.2, 0.25) is 0 Å². The van der Waals surface area contributed by atoms with Gasteiger partial charge in [0.25, 0.3) is 0 Å². The Morgan fingerprint density at radius 2 is 1.73 bits per heavy atom. The molecule has 1 unspecified atom stereocenters. The summed E-state index contributed by atoms with van der Waals surface area (Å²) in [7, 11) is 0. The highest BCUT2D eigenvalue weighted by atomic mass is 16.2. The van der Waals surface area contributed by atoms with Crippen molar-refractivity contribution in [3.63, 3.8) is 0 Å². The van der Waals surface area contributed by atoms with E-state index >= 15 is 0 Å². The van der Waals surface area contributed by atoms with Crippen LogP contribution >= 0.6 is 0 Å². The maximum absolute atomic E-state index is 12.8. The zero-order valence-electron chi connectivity index (χ0n) is 19.3. The number of piperazine rings is 1. The van der Waals surface area contributed by atoms with E-state index in [0.29, 0.717) is 12.3 Å². The molecule has 2 fully saturated rings. The number of likely N-dealkylation sites (tertiary alicyclic amines) is 1. The van der Waals surface area contributed by atoms with Crippen LogP contribution in [0.1, 0.15) is 36.9 Å². The molecule has 0 spiro atoms. The molecular formula is C27H34N4O2. The van der Waals surface area contributed by atoms with Crippen molar-refractivity contribution in [2.75, 3.05) is 39.3 Å². The lowest BCUT2D eigenvalue weighted by Crippen LogP contribution is -2.48. The maximum atomic E-state index is 12.8. The Balaban J connectivity index is 1.18. The van der Waals surface area contributed by atoms with Gasteiger partial charge in [-0.1, -0.05) is 36.4 Å². The summed E-state index contributed by atoms with van der Waals surface area (Å²) in [5.74, 6) is 0.688. The Bertz CT molecular complexity index is 924. The van der Waals surface area contributed by atoms with Crippen molar-refractivity contribution in [2.45, 2.75) is 32.2 Å². The quantitative estimate of drug-likeness (QED) is 0.612. The fourth-order valence-corrected chi connectivity index (χ4v) is 4.72. The van der Waals surface area contributed by atoms with Gasteiger partial charge in [0, 0.05) is 64.5 Å². The molecule has 2 aromatic rings. The van der Waals surface area contributed by atoms with Gasteiger partial charge in [0.05, 0.1) is 5.69 Å². The van der Waals surface area contributed by atoms with E-state index in [4.69, 9.17) is 0 Å². The SMILES string of the molecule is O=C(/C=C/c1ccccn1)N1CCCC(CCC(=O)N2CCN(Cc3ccccc3)CC2)C1. The second kappa shape index (κ2) is 11.8. The molecule has 2 aliphatic heterocycles. The highest BCUT2D eigenvalue weighted by molar-refractivity contribution is 5.91. The zero-order chi connectivity index (χ0) is 22.9. The minimum absolute atomic E-state index is 0.0335. The minimum atomic E-state index is 0.0335. The fourth-order valence-electron chi connectivity index (χ4n) is 4.72. The molecule has 33 heavy (non-hydrogen) atoms. The summed E-state index contributed by atoms with van der Waals surface area (Å²) >= 11 is 0. The number of pyridine rings is 1. The van der Waals surface area contributed by atoms with Gasteiger partial charge in [-0.25, -0.2) is 0 Å². The molecule has 2 saturated heterocycles. The Morgan fingerprint density at radius 1 is 0.939 bits per heavy atom. The summed E-state index contributed by atoms with van der Waals surface area (Å²) < 4.78 is 0. The van der Waals surface area contributed by atoms with Gasteiger partial charge in [-0.05, 0) is 49.0 Å². The van der Waals surface area contributed by atoms with Crippen LogP contribution in [0.3, 0.4) is 0 Å². The maximum Gasteiger partial charge on any atom is 0.246 e. The van der Waals surface area contributed by atoms with Gasteiger partial charge >= 0.3 is 0 Å². The first kappa shape index (κ1) is 23.2. The molecule has 3 heterocycles. The predicted molar refractivity (Wildman–Crippen MR) is 130 cm³/mol. The Kier molecular flexibility index (Phi) is 8.25. The van der Waals surface area contributed by atoms with E-state index in [0.717, 1.165) is 70.8 Å². The van der Waals surface area contributed by atoms with Crippen molar-refractivity contribution >= 4 is 17.9 Å². The molecule has 6 heteroatoms. The molecule has 174 valence electrons. The second-order valence-electron chi connectivity index (χ2n) is 9.06. The van der Waals surface area contributed by atoms with Crippen LogP contribution in [-0.2, 0) is 16.1 Å². The Morgan fingerprint density at radius 3 is 2.48 bits per heavy atom. The molecule has 4 rings (SSSR count). The number of carbonyl (C=O) groups is 2. The van der Waals surface area contributed by atoms with Crippen LogP contribution in [0.5, 0.6) is 0 Å². The first-order valence-electron chi connectivity index (χ1n) is 12.1. The molecular weight excluding hydrogens is 412 g/mol. The normalized spacial score (nSPS) is 19.7. The molecule has 6 nitrogen and oxygen atoms in total. The number of benzene rings is 1. The van der Waals surface area contributed by atoms with Gasteiger partial charge in [-0.3, -0.25) is 19.5 Å². The van der Waals surface area contributed by atoms with Crippen molar-refractivity contribution in [1.82, 2.24) is 19.7 Å². The molecule has 0 N–H and O–H groups in total. The molecule has 1 aromatic heterocycles. The minimum Gasteiger partial charge on any atom is -0.340 e. The zero-order valence-corrected chi connectivity index (χ0v) is 19.3. The standard InChI is InChI=1S/C27H34N4O2/c32-26(30-19-17-29(18-20-30)21-23-7-2-1-3-8-23)13-11-24-9-6-16-31(22-24)27(33)14-12-25-10-4-5-15-28-25/h1-5,7-8,10,12,14-15,24H,6,9,11,13,16-22H2/b14-12+. The second-order valence-corrected chi connectivity index (χ2v) is 9.06. The summed E-state index contributed by atoms with van der Waals surface area (Å²) in [5, 5.41) is 0. The molecule has 2 amide bonds. The van der Waals surface area contributed by atoms with Crippen LogP contribution in [-0.4, -0.2) is 70.8 Å². The lowest BCUT2D eigenvalue weighted by molar-refractivity contribution is -0.133. The van der Waals surface area contributed by atoms with Crippen LogP contribution < -0.4 is 0 Å². The van der Waals surface area contributed by atoms with Crippen LogP contribution in [0.15, 0.2) is 60.8 Å². The summed E-state index contributed by atoms with van der Waals surface area (Å²) in [6.45, 7) is 5.94. The van der Waals surface area contributed by atoms with Crippen molar-refractivity contribution < 1.29 is 9.59 Å². The van der Waals surface area contributed by atoms with Crippen LogP contribution in [0.25, 0.3) is 6.08 Å². The third kappa shape index (κ3) is 6.99. The number of carbonyl (C=O) groups excluding carboxylic acids is 2. The first-order valence-corrected chi connectivity index (χ1v) is 12.1. The largest absolute Gasteiger partial charge is 0.340 e. The molecule has 2 aliphatic rings. The highest BCUT2D eigenvalue weighted by Gasteiger charge is 2.25. The van der Waals surface area contributed by atoms with E-state index < -0.39 is 0 Å². The summed E-state index contributed by atoms with van der Waals surface area (Å²) in [4.78, 5) is 36.0. The van der Waals surface area contributed by atoms with Crippen molar-refractivity contribution in [1.29, 1.82) is 0 Å². The van der Waals surface area contributed by atoms with Crippen molar-refractivity contribution in [2.24, 2.45) is 5.92 Å². The van der Waals surface area contributed by atoms with Gasteiger partial charge in [0.1, 0.15) is 0 Å². The number of hydrogen-bond acceptors (Lipinski definition) is 4. The van der Waals surface area contributed by atoms with E-state index in [1.165, 1.54) is 5.56 Å². The summed E-state index contributed by atoms with van der Waals surface area (Å²) in [5.41, 5.74) is 2.11. The third-order valence-electron chi connectivity index (χ3n) is 6.66. The average Bonchev–Trinajstić information content (AvgIpc) is 2.88. The lowest BCUT2D eigenvalue weighted by Gasteiger charge is -2.36. The smallest absolute Gasteiger partial charge is 0.246 e. The van der Waals surface area contributed by atoms with Gasteiger partial charge in [-0.15, -0.1) is 0 Å². The molecule has 0 radical (unpaired) electrons. The van der Waals surface area contributed by atoms with E-state index in [-0.39, 0.29) is 11.8 Å². The average molecular weight is 447 g/mol. The summed E-state index contributed by atoms with van der Waals surface area (Å²) in [6, 6.07) is 16.2. The number of nitrogens with zero attached hydrogens (tertiary/aromatic N) is 4. The first-order chi connectivity index (χ1) is 16.2. The van der Waals surface area contributed by atoms with Gasteiger partial charge in [0.2, 0.25) is 11.8 Å². The number of piperidine rings is 1.